The first-order valence-corrected chi connectivity index (χ1v) is 7.66. The minimum absolute atomic E-state index is 0. The number of benzene rings is 1. The van der Waals surface area contributed by atoms with Gasteiger partial charge in [-0.25, -0.2) is 0 Å². The predicted molar refractivity (Wildman–Crippen MR) is 90.9 cm³/mol. The first-order valence-electron chi connectivity index (χ1n) is 7.66. The van der Waals surface area contributed by atoms with Crippen molar-refractivity contribution in [3.05, 3.63) is 23.8 Å². The maximum atomic E-state index is 11.3. The van der Waals surface area contributed by atoms with Gasteiger partial charge in [0.1, 0.15) is 11.5 Å². The number of rotatable bonds is 6. The van der Waals surface area contributed by atoms with Crippen molar-refractivity contribution in [2.45, 2.75) is 33.2 Å². The summed E-state index contributed by atoms with van der Waals surface area (Å²) < 4.78 is 15.5. The molecule has 1 aromatic rings. The Balaban J connectivity index is 0.00000264. The number of hydrogen-bond acceptors (Lipinski definition) is 5. The summed E-state index contributed by atoms with van der Waals surface area (Å²) in [5.41, 5.74) is 1.13. The number of methoxy groups -OCH3 is 3. The van der Waals surface area contributed by atoms with Crippen LogP contribution in [0.2, 0.25) is 0 Å². The van der Waals surface area contributed by atoms with Crippen LogP contribution in [0, 0.1) is 5.92 Å². The van der Waals surface area contributed by atoms with Gasteiger partial charge >= 0.3 is 5.97 Å². The topological polar surface area (TPSA) is 48.0 Å². The molecule has 1 aromatic carbocycles. The Hall–Kier alpha value is -1.75. The summed E-state index contributed by atoms with van der Waals surface area (Å²) in [6.07, 6.45) is 2.59. The fourth-order valence-corrected chi connectivity index (χ4v) is 2.91. The zero-order chi connectivity index (χ0) is 15.9. The summed E-state index contributed by atoms with van der Waals surface area (Å²) in [5.74, 6) is 2.07. The molecule has 0 N–H and O–H groups in total. The van der Waals surface area contributed by atoms with Crippen molar-refractivity contribution < 1.29 is 19.0 Å². The standard InChI is InChI=1S/C17H25NO4.CH4/c1-20-15-4-5-16(21-2)14(11-15)12-18-8-6-13(7-9-18)10-17(19)22-3;/h4-5,11,13H,6-10,12H2,1-3H3;1H4. The zero-order valence-electron chi connectivity index (χ0n) is 13.6. The number of carbonyl (C=O) groups excluding carboxylic acids is 1. The number of esters is 1. The second kappa shape index (κ2) is 9.40. The largest absolute Gasteiger partial charge is 0.497 e. The SMILES string of the molecule is C.COC(=O)CC1CCN(Cc2cc(OC)ccc2OC)CC1. The third kappa shape index (κ3) is 5.43. The van der Waals surface area contributed by atoms with Crippen LogP contribution in [0.1, 0.15) is 32.3 Å². The first-order chi connectivity index (χ1) is 10.7. The molecule has 0 atom stereocenters. The van der Waals surface area contributed by atoms with Crippen LogP contribution in [-0.2, 0) is 16.1 Å². The van der Waals surface area contributed by atoms with Crippen molar-refractivity contribution >= 4 is 5.97 Å². The fraction of sp³-hybridized carbons (Fsp3) is 0.611. The van der Waals surface area contributed by atoms with E-state index in [1.807, 2.05) is 18.2 Å². The lowest BCUT2D eigenvalue weighted by molar-refractivity contribution is -0.142. The summed E-state index contributed by atoms with van der Waals surface area (Å²) in [7, 11) is 4.81. The van der Waals surface area contributed by atoms with Gasteiger partial charge in [0.15, 0.2) is 0 Å². The number of carbonyl (C=O) groups is 1. The van der Waals surface area contributed by atoms with Gasteiger partial charge in [-0.15, -0.1) is 0 Å². The average Bonchev–Trinajstić information content (AvgIpc) is 2.56. The van der Waals surface area contributed by atoms with E-state index in [0.29, 0.717) is 12.3 Å². The number of nitrogens with zero attached hydrogens (tertiary/aromatic N) is 1. The minimum Gasteiger partial charge on any atom is -0.497 e. The van der Waals surface area contributed by atoms with Crippen LogP contribution in [-0.4, -0.2) is 45.3 Å². The molecule has 1 fully saturated rings. The summed E-state index contributed by atoms with van der Waals surface area (Å²) in [6, 6.07) is 5.88. The van der Waals surface area contributed by atoms with Crippen LogP contribution in [0.4, 0.5) is 0 Å². The van der Waals surface area contributed by atoms with Gasteiger partial charge in [-0.3, -0.25) is 9.69 Å². The third-order valence-electron chi connectivity index (χ3n) is 4.27. The highest BCUT2D eigenvalue weighted by molar-refractivity contribution is 5.69. The van der Waals surface area contributed by atoms with Gasteiger partial charge in [-0.1, -0.05) is 7.43 Å². The lowest BCUT2D eigenvalue weighted by Gasteiger charge is -2.31. The maximum absolute atomic E-state index is 11.3. The molecule has 5 nitrogen and oxygen atoms in total. The summed E-state index contributed by atoms with van der Waals surface area (Å²) in [5, 5.41) is 0. The second-order valence-electron chi connectivity index (χ2n) is 5.68. The van der Waals surface area contributed by atoms with Crippen molar-refractivity contribution in [2.75, 3.05) is 34.4 Å². The lowest BCUT2D eigenvalue weighted by atomic mass is 9.93. The molecule has 1 heterocycles. The van der Waals surface area contributed by atoms with E-state index in [4.69, 9.17) is 14.2 Å². The van der Waals surface area contributed by atoms with Crippen LogP contribution >= 0.6 is 0 Å². The van der Waals surface area contributed by atoms with Gasteiger partial charge < -0.3 is 14.2 Å². The minimum atomic E-state index is -0.104. The Labute approximate surface area is 139 Å². The van der Waals surface area contributed by atoms with Crippen molar-refractivity contribution in [3.8, 4) is 11.5 Å². The lowest BCUT2D eigenvalue weighted by Crippen LogP contribution is -2.34. The molecule has 0 bridgehead atoms. The Bertz CT molecular complexity index is 496. The van der Waals surface area contributed by atoms with Crippen LogP contribution < -0.4 is 9.47 Å². The van der Waals surface area contributed by atoms with Crippen molar-refractivity contribution in [3.63, 3.8) is 0 Å². The van der Waals surface area contributed by atoms with E-state index in [1.165, 1.54) is 7.11 Å². The van der Waals surface area contributed by atoms with Gasteiger partial charge in [0.2, 0.25) is 0 Å². The molecule has 0 aliphatic carbocycles. The van der Waals surface area contributed by atoms with Gasteiger partial charge in [0, 0.05) is 18.5 Å². The number of likely N-dealkylation sites (tertiary alicyclic amines) is 1. The van der Waals surface area contributed by atoms with Crippen molar-refractivity contribution in [1.82, 2.24) is 4.90 Å². The van der Waals surface area contributed by atoms with Gasteiger partial charge in [-0.2, -0.15) is 0 Å². The number of hydrogen-bond donors (Lipinski definition) is 0. The smallest absolute Gasteiger partial charge is 0.305 e. The Kier molecular flexibility index (Phi) is 7.89. The predicted octanol–water partition coefficient (Wildman–Crippen LogP) is 3.12. The second-order valence-corrected chi connectivity index (χ2v) is 5.68. The highest BCUT2D eigenvalue weighted by atomic mass is 16.5. The van der Waals surface area contributed by atoms with Gasteiger partial charge in [0.25, 0.3) is 0 Å². The summed E-state index contributed by atoms with van der Waals surface area (Å²) >= 11 is 0. The Morgan fingerprint density at radius 2 is 1.87 bits per heavy atom. The number of ether oxygens (including phenoxy) is 3. The van der Waals surface area contributed by atoms with E-state index in [9.17, 15) is 4.79 Å². The highest BCUT2D eigenvalue weighted by Gasteiger charge is 2.22. The average molecular weight is 323 g/mol. The van der Waals surface area contributed by atoms with E-state index in [0.717, 1.165) is 49.5 Å². The molecule has 0 radical (unpaired) electrons. The monoisotopic (exact) mass is 323 g/mol. The molecule has 130 valence electrons. The molecule has 1 saturated heterocycles. The molecular formula is C18H29NO4. The molecule has 0 saturated carbocycles. The van der Waals surface area contributed by atoms with Crippen LogP contribution in [0.15, 0.2) is 18.2 Å². The normalized spacial score (nSPS) is 15.6. The molecule has 23 heavy (non-hydrogen) atoms. The van der Waals surface area contributed by atoms with E-state index in [2.05, 4.69) is 4.90 Å². The van der Waals surface area contributed by atoms with Gasteiger partial charge in [0.05, 0.1) is 21.3 Å². The molecule has 0 amide bonds. The molecule has 0 aromatic heterocycles. The molecule has 1 aliphatic heterocycles. The van der Waals surface area contributed by atoms with Crippen molar-refractivity contribution in [2.24, 2.45) is 5.92 Å². The van der Waals surface area contributed by atoms with E-state index in [1.54, 1.807) is 14.2 Å². The van der Waals surface area contributed by atoms with E-state index >= 15 is 0 Å². The molecule has 0 spiro atoms. The van der Waals surface area contributed by atoms with Crippen LogP contribution in [0.5, 0.6) is 11.5 Å². The Morgan fingerprint density at radius 1 is 1.17 bits per heavy atom. The van der Waals surface area contributed by atoms with E-state index in [-0.39, 0.29) is 13.4 Å². The summed E-state index contributed by atoms with van der Waals surface area (Å²) in [4.78, 5) is 13.7. The van der Waals surface area contributed by atoms with E-state index < -0.39 is 0 Å². The molecule has 0 unspecified atom stereocenters. The third-order valence-corrected chi connectivity index (χ3v) is 4.27. The molecular weight excluding hydrogens is 294 g/mol. The fourth-order valence-electron chi connectivity index (χ4n) is 2.91. The number of piperidine rings is 1. The highest BCUT2D eigenvalue weighted by Crippen LogP contribution is 2.28. The Morgan fingerprint density at radius 3 is 2.43 bits per heavy atom. The zero-order valence-corrected chi connectivity index (χ0v) is 13.6. The summed E-state index contributed by atoms with van der Waals surface area (Å²) in [6.45, 7) is 2.81. The van der Waals surface area contributed by atoms with Crippen LogP contribution in [0.3, 0.4) is 0 Å². The van der Waals surface area contributed by atoms with Crippen molar-refractivity contribution in [1.29, 1.82) is 0 Å². The van der Waals surface area contributed by atoms with Crippen LogP contribution in [0.25, 0.3) is 0 Å². The first kappa shape index (κ1) is 19.3. The molecule has 5 heteroatoms. The van der Waals surface area contributed by atoms with Gasteiger partial charge in [-0.05, 0) is 50.0 Å². The maximum Gasteiger partial charge on any atom is 0.305 e. The quantitative estimate of drug-likeness (QED) is 0.753. The molecule has 1 aliphatic rings. The molecule has 2 rings (SSSR count).